The quantitative estimate of drug-likeness (QED) is 0.369. The fourth-order valence-electron chi connectivity index (χ4n) is 5.02. The number of carbonyl (C=O) groups is 2. The molecule has 1 heterocycles. The Morgan fingerprint density at radius 3 is 2.49 bits per heavy atom. The Labute approximate surface area is 204 Å². The zero-order chi connectivity index (χ0) is 24.2. The molecule has 1 atom stereocenters. The van der Waals surface area contributed by atoms with Gasteiger partial charge in [0.15, 0.2) is 11.6 Å². The molecule has 0 saturated heterocycles. The van der Waals surface area contributed by atoms with Gasteiger partial charge < -0.3 is 9.63 Å². The molecule has 1 saturated carbocycles. The van der Waals surface area contributed by atoms with E-state index in [2.05, 4.69) is 10.1 Å². The average Bonchev–Trinajstić information content (AvgIpc) is 3.31. The van der Waals surface area contributed by atoms with Crippen molar-refractivity contribution in [3.63, 3.8) is 0 Å². The third kappa shape index (κ3) is 5.02. The van der Waals surface area contributed by atoms with Crippen LogP contribution in [0.4, 0.5) is 0 Å². The van der Waals surface area contributed by atoms with Crippen molar-refractivity contribution in [1.82, 2.24) is 5.16 Å². The van der Waals surface area contributed by atoms with Crippen LogP contribution in [0.3, 0.4) is 0 Å². The Morgan fingerprint density at radius 2 is 1.71 bits per heavy atom. The molecule has 0 aliphatic heterocycles. The van der Waals surface area contributed by atoms with Crippen LogP contribution in [0.25, 0.3) is 0 Å². The summed E-state index contributed by atoms with van der Waals surface area (Å²) in [7, 11) is 0. The minimum Gasteiger partial charge on any atom is -0.511 e. The van der Waals surface area contributed by atoms with E-state index >= 15 is 0 Å². The molecule has 35 heavy (non-hydrogen) atoms. The highest BCUT2D eigenvalue weighted by atomic mass is 16.5. The Bertz CT molecular complexity index is 1290. The summed E-state index contributed by atoms with van der Waals surface area (Å²) >= 11 is 0. The van der Waals surface area contributed by atoms with E-state index in [0.29, 0.717) is 67.0 Å². The van der Waals surface area contributed by atoms with Crippen LogP contribution in [-0.4, -0.2) is 27.5 Å². The third-order valence-electron chi connectivity index (χ3n) is 6.81. The highest BCUT2D eigenvalue weighted by Gasteiger charge is 2.33. The van der Waals surface area contributed by atoms with Crippen LogP contribution in [0.15, 0.2) is 81.5 Å². The second-order valence-corrected chi connectivity index (χ2v) is 9.21. The van der Waals surface area contributed by atoms with Crippen molar-refractivity contribution in [2.24, 2.45) is 4.99 Å². The van der Waals surface area contributed by atoms with Gasteiger partial charge in [-0.1, -0.05) is 65.8 Å². The number of allylic oxidation sites excluding steroid dienone is 2. The molecule has 3 aromatic rings. The molecular formula is C29H28N2O4. The van der Waals surface area contributed by atoms with Crippen molar-refractivity contribution in [1.29, 1.82) is 0 Å². The van der Waals surface area contributed by atoms with E-state index in [0.717, 1.165) is 17.5 Å². The summed E-state index contributed by atoms with van der Waals surface area (Å²) in [4.78, 5) is 30.3. The number of aryl methyl sites for hydroxylation is 1. The van der Waals surface area contributed by atoms with E-state index in [4.69, 9.17) is 4.52 Å². The average molecular weight is 469 g/mol. The number of aliphatic imine (C=N–C) groups is 1. The standard InChI is InChI=1S/C29H28N2O4/c32-24-13-7-12-22(30-18-19-8-3-1-4-9-19)28(24)25(33)15-14-23-29-26(34)16-21(17-27(29)35-31-23)20-10-5-2-6-11-20/h1-6,8-11,21,33H,7,12-18H2/b28-25+,30-22?. The van der Waals surface area contributed by atoms with Gasteiger partial charge in [0, 0.05) is 37.8 Å². The number of Topliss-reactive ketones (excluding diaryl/α,β-unsaturated/α-hetero) is 2. The first-order valence-corrected chi connectivity index (χ1v) is 12.2. The fraction of sp³-hybridized carbons (Fsp3) is 0.310. The first kappa shape index (κ1) is 23.0. The number of benzene rings is 2. The molecule has 1 N–H and O–H groups in total. The van der Waals surface area contributed by atoms with Crippen LogP contribution in [-0.2, 0) is 24.2 Å². The van der Waals surface area contributed by atoms with Gasteiger partial charge in [0.1, 0.15) is 11.5 Å². The zero-order valence-corrected chi connectivity index (χ0v) is 19.6. The van der Waals surface area contributed by atoms with Gasteiger partial charge in [-0.2, -0.15) is 0 Å². The molecule has 6 heteroatoms. The molecule has 5 rings (SSSR count). The molecule has 2 aliphatic rings. The normalized spacial score (nSPS) is 20.7. The number of hydrogen-bond donors (Lipinski definition) is 1. The summed E-state index contributed by atoms with van der Waals surface area (Å²) in [5.74, 6) is 0.641. The van der Waals surface area contributed by atoms with Crippen molar-refractivity contribution >= 4 is 17.3 Å². The molecule has 0 amide bonds. The summed E-state index contributed by atoms with van der Waals surface area (Å²) in [5.41, 5.74) is 4.26. The summed E-state index contributed by atoms with van der Waals surface area (Å²) < 4.78 is 5.56. The van der Waals surface area contributed by atoms with Gasteiger partial charge in [0.05, 0.1) is 23.4 Å². The lowest BCUT2D eigenvalue weighted by atomic mass is 9.81. The van der Waals surface area contributed by atoms with Crippen LogP contribution in [0, 0.1) is 0 Å². The van der Waals surface area contributed by atoms with Crippen LogP contribution >= 0.6 is 0 Å². The van der Waals surface area contributed by atoms with Crippen LogP contribution in [0.1, 0.15) is 71.0 Å². The lowest BCUT2D eigenvalue weighted by Gasteiger charge is -2.20. The van der Waals surface area contributed by atoms with Gasteiger partial charge in [0.2, 0.25) is 0 Å². The number of hydrogen-bond acceptors (Lipinski definition) is 6. The summed E-state index contributed by atoms with van der Waals surface area (Å²) in [6, 6.07) is 19.8. The number of aliphatic hydroxyl groups is 1. The molecule has 1 unspecified atom stereocenters. The maximum atomic E-state index is 13.0. The van der Waals surface area contributed by atoms with Crippen molar-refractivity contribution in [2.75, 3.05) is 0 Å². The lowest BCUT2D eigenvalue weighted by molar-refractivity contribution is -0.115. The number of fused-ring (bicyclic) bond motifs is 1. The highest BCUT2D eigenvalue weighted by Crippen LogP contribution is 2.35. The number of nitrogens with zero attached hydrogens (tertiary/aromatic N) is 2. The van der Waals surface area contributed by atoms with E-state index in [1.165, 1.54) is 0 Å². The van der Waals surface area contributed by atoms with E-state index in [1.54, 1.807) is 0 Å². The Hall–Kier alpha value is -3.80. The van der Waals surface area contributed by atoms with Crippen molar-refractivity contribution in [2.45, 2.75) is 57.4 Å². The van der Waals surface area contributed by atoms with E-state index in [1.807, 2.05) is 60.7 Å². The molecule has 0 radical (unpaired) electrons. The minimum absolute atomic E-state index is 0.0161. The van der Waals surface area contributed by atoms with Gasteiger partial charge in [-0.15, -0.1) is 0 Å². The number of carbonyl (C=O) groups excluding carboxylic acids is 2. The smallest absolute Gasteiger partial charge is 0.168 e. The number of ketones is 2. The molecule has 0 bridgehead atoms. The maximum Gasteiger partial charge on any atom is 0.168 e. The number of aromatic nitrogens is 1. The summed E-state index contributed by atoms with van der Waals surface area (Å²) in [6.07, 6.45) is 3.37. The molecule has 178 valence electrons. The van der Waals surface area contributed by atoms with Crippen molar-refractivity contribution in [3.8, 4) is 0 Å². The topological polar surface area (TPSA) is 92.8 Å². The summed E-state index contributed by atoms with van der Waals surface area (Å²) in [5, 5.41) is 15.1. The largest absolute Gasteiger partial charge is 0.511 e. The van der Waals surface area contributed by atoms with Gasteiger partial charge in [0.25, 0.3) is 0 Å². The Kier molecular flexibility index (Phi) is 6.70. The summed E-state index contributed by atoms with van der Waals surface area (Å²) in [6.45, 7) is 0.466. The SMILES string of the molecule is O=C1CCCC(=NCc2ccccc2)/C1=C(\O)CCc1noc2c1C(=O)CC(c1ccccc1)C2. The number of aliphatic hydroxyl groups excluding tert-OH is 1. The Balaban J connectivity index is 1.32. The molecule has 2 aliphatic carbocycles. The molecule has 0 spiro atoms. The first-order chi connectivity index (χ1) is 17.1. The van der Waals surface area contributed by atoms with Crippen LogP contribution in [0.5, 0.6) is 0 Å². The van der Waals surface area contributed by atoms with Gasteiger partial charge in [-0.25, -0.2) is 0 Å². The van der Waals surface area contributed by atoms with Crippen molar-refractivity contribution < 1.29 is 19.2 Å². The lowest BCUT2D eigenvalue weighted by Crippen LogP contribution is -2.22. The number of rotatable bonds is 6. The van der Waals surface area contributed by atoms with Crippen LogP contribution in [0.2, 0.25) is 0 Å². The van der Waals surface area contributed by atoms with Crippen LogP contribution < -0.4 is 0 Å². The minimum atomic E-state index is -0.0791. The van der Waals surface area contributed by atoms with E-state index < -0.39 is 0 Å². The molecule has 2 aromatic carbocycles. The Morgan fingerprint density at radius 1 is 0.971 bits per heavy atom. The fourth-order valence-corrected chi connectivity index (χ4v) is 5.02. The predicted molar refractivity (Wildman–Crippen MR) is 133 cm³/mol. The third-order valence-corrected chi connectivity index (χ3v) is 6.81. The van der Waals surface area contributed by atoms with Gasteiger partial charge >= 0.3 is 0 Å². The van der Waals surface area contributed by atoms with Gasteiger partial charge in [-0.3, -0.25) is 14.6 Å². The second kappa shape index (κ2) is 10.2. The predicted octanol–water partition coefficient (Wildman–Crippen LogP) is 5.73. The highest BCUT2D eigenvalue weighted by molar-refractivity contribution is 6.24. The molecule has 6 nitrogen and oxygen atoms in total. The molecular weight excluding hydrogens is 440 g/mol. The zero-order valence-electron chi connectivity index (χ0n) is 19.6. The van der Waals surface area contributed by atoms with E-state index in [9.17, 15) is 14.7 Å². The molecule has 1 fully saturated rings. The monoisotopic (exact) mass is 468 g/mol. The molecule has 1 aromatic heterocycles. The second-order valence-electron chi connectivity index (χ2n) is 9.21. The van der Waals surface area contributed by atoms with Crippen molar-refractivity contribution in [3.05, 3.63) is 100 Å². The van der Waals surface area contributed by atoms with E-state index in [-0.39, 0.29) is 29.7 Å². The van der Waals surface area contributed by atoms with Gasteiger partial charge in [-0.05, 0) is 29.9 Å². The first-order valence-electron chi connectivity index (χ1n) is 12.2. The maximum absolute atomic E-state index is 13.0.